The third-order valence-electron chi connectivity index (χ3n) is 4.89. The Labute approximate surface area is 140 Å². The summed E-state index contributed by atoms with van der Waals surface area (Å²) in [6.45, 7) is 6.92. The van der Waals surface area contributed by atoms with Crippen molar-refractivity contribution in [1.82, 2.24) is 14.5 Å². The first kappa shape index (κ1) is 18.7. The number of likely N-dealkylation sites (tertiary alicyclic amines) is 2. The average molecular weight is 346 g/mol. The standard InChI is InChI=1S/C16H31N3O3S/c1-3-12-23(21,22)17-15-7-10-18(11-8-15)13-16(20)19-9-5-4-6-14(19)2/h14-15,17H,3-13H2,1-2H3/t14-/m1/s1. The van der Waals surface area contributed by atoms with Crippen LogP contribution in [0.15, 0.2) is 0 Å². The molecule has 0 unspecified atom stereocenters. The highest BCUT2D eigenvalue weighted by Crippen LogP contribution is 2.18. The summed E-state index contributed by atoms with van der Waals surface area (Å²) in [4.78, 5) is 16.6. The van der Waals surface area contributed by atoms with E-state index in [2.05, 4.69) is 16.5 Å². The maximum atomic E-state index is 12.4. The van der Waals surface area contributed by atoms with Crippen molar-refractivity contribution in [1.29, 1.82) is 0 Å². The van der Waals surface area contributed by atoms with Crippen LogP contribution >= 0.6 is 0 Å². The Morgan fingerprint density at radius 3 is 2.43 bits per heavy atom. The van der Waals surface area contributed by atoms with E-state index >= 15 is 0 Å². The Kier molecular flexibility index (Phi) is 6.85. The minimum atomic E-state index is -3.14. The van der Waals surface area contributed by atoms with Crippen molar-refractivity contribution in [3.8, 4) is 0 Å². The summed E-state index contributed by atoms with van der Waals surface area (Å²) in [7, 11) is -3.14. The smallest absolute Gasteiger partial charge is 0.236 e. The van der Waals surface area contributed by atoms with E-state index in [0.717, 1.165) is 45.3 Å². The lowest BCUT2D eigenvalue weighted by Crippen LogP contribution is -2.50. The van der Waals surface area contributed by atoms with Gasteiger partial charge in [0.15, 0.2) is 0 Å². The molecule has 0 aliphatic carbocycles. The van der Waals surface area contributed by atoms with Crippen LogP contribution in [0.4, 0.5) is 0 Å². The van der Waals surface area contributed by atoms with Crippen LogP contribution in [-0.4, -0.2) is 68.1 Å². The van der Waals surface area contributed by atoms with Gasteiger partial charge in [-0.05, 0) is 45.4 Å². The van der Waals surface area contributed by atoms with E-state index < -0.39 is 10.0 Å². The molecule has 134 valence electrons. The summed E-state index contributed by atoms with van der Waals surface area (Å²) in [6, 6.07) is 0.376. The lowest BCUT2D eigenvalue weighted by molar-refractivity contribution is -0.135. The highest BCUT2D eigenvalue weighted by atomic mass is 32.2. The zero-order valence-electron chi connectivity index (χ0n) is 14.5. The number of rotatable bonds is 6. The third-order valence-corrected chi connectivity index (χ3v) is 6.53. The van der Waals surface area contributed by atoms with E-state index in [0.29, 0.717) is 19.0 Å². The Balaban J connectivity index is 1.75. The van der Waals surface area contributed by atoms with Crippen LogP contribution in [0.1, 0.15) is 52.4 Å². The molecule has 0 radical (unpaired) electrons. The van der Waals surface area contributed by atoms with Crippen LogP contribution in [0.2, 0.25) is 0 Å². The largest absolute Gasteiger partial charge is 0.339 e. The molecule has 0 aromatic carbocycles. The molecule has 1 amide bonds. The minimum absolute atomic E-state index is 0.0202. The summed E-state index contributed by atoms with van der Waals surface area (Å²) in [5.74, 6) is 0.417. The molecule has 2 rings (SSSR count). The van der Waals surface area contributed by atoms with Crippen molar-refractivity contribution in [3.63, 3.8) is 0 Å². The van der Waals surface area contributed by atoms with E-state index in [9.17, 15) is 13.2 Å². The van der Waals surface area contributed by atoms with E-state index in [1.54, 1.807) is 0 Å². The molecule has 0 saturated carbocycles. The second kappa shape index (κ2) is 8.44. The van der Waals surface area contributed by atoms with Gasteiger partial charge in [-0.2, -0.15) is 0 Å². The molecule has 2 aliphatic heterocycles. The second-order valence-electron chi connectivity index (χ2n) is 6.92. The van der Waals surface area contributed by atoms with Crippen molar-refractivity contribution in [2.45, 2.75) is 64.5 Å². The van der Waals surface area contributed by atoms with Crippen molar-refractivity contribution >= 4 is 15.9 Å². The van der Waals surface area contributed by atoms with Crippen molar-refractivity contribution < 1.29 is 13.2 Å². The molecule has 0 bridgehead atoms. The summed E-state index contributed by atoms with van der Waals surface area (Å²) >= 11 is 0. The molecule has 0 aromatic heterocycles. The molecule has 7 heteroatoms. The molecule has 2 fully saturated rings. The number of nitrogens with zero attached hydrogens (tertiary/aromatic N) is 2. The van der Waals surface area contributed by atoms with Gasteiger partial charge in [0.05, 0.1) is 12.3 Å². The molecular formula is C16H31N3O3S. The lowest BCUT2D eigenvalue weighted by atomic mass is 10.0. The van der Waals surface area contributed by atoms with Gasteiger partial charge >= 0.3 is 0 Å². The van der Waals surface area contributed by atoms with Gasteiger partial charge in [0.2, 0.25) is 15.9 Å². The summed E-state index contributed by atoms with van der Waals surface area (Å²) in [5.41, 5.74) is 0. The fourth-order valence-corrected chi connectivity index (χ4v) is 4.94. The van der Waals surface area contributed by atoms with E-state index in [-0.39, 0.29) is 17.7 Å². The SMILES string of the molecule is CCCS(=O)(=O)NC1CCN(CC(=O)N2CCCC[C@H]2C)CC1. The van der Waals surface area contributed by atoms with Crippen LogP contribution in [0.3, 0.4) is 0 Å². The monoisotopic (exact) mass is 345 g/mol. The van der Waals surface area contributed by atoms with E-state index in [1.807, 2.05) is 11.8 Å². The third kappa shape index (κ3) is 5.72. The van der Waals surface area contributed by atoms with E-state index in [4.69, 9.17) is 0 Å². The Hall–Kier alpha value is -0.660. The Morgan fingerprint density at radius 1 is 1.13 bits per heavy atom. The fourth-order valence-electron chi connectivity index (χ4n) is 3.54. The lowest BCUT2D eigenvalue weighted by Gasteiger charge is -2.37. The predicted octanol–water partition coefficient (Wildman–Crippen LogP) is 1.18. The second-order valence-corrected chi connectivity index (χ2v) is 8.79. The minimum Gasteiger partial charge on any atom is -0.339 e. The maximum absolute atomic E-state index is 12.4. The Bertz CT molecular complexity index is 487. The number of carbonyl (C=O) groups is 1. The van der Waals surface area contributed by atoms with Gasteiger partial charge in [-0.1, -0.05) is 6.92 Å². The molecule has 0 spiro atoms. The topological polar surface area (TPSA) is 69.7 Å². The normalized spacial score (nSPS) is 24.8. The van der Waals surface area contributed by atoms with E-state index in [1.165, 1.54) is 6.42 Å². The van der Waals surface area contributed by atoms with Crippen LogP contribution in [0.5, 0.6) is 0 Å². The van der Waals surface area contributed by atoms with Gasteiger partial charge in [-0.15, -0.1) is 0 Å². The van der Waals surface area contributed by atoms with Gasteiger partial charge < -0.3 is 4.90 Å². The summed E-state index contributed by atoms with van der Waals surface area (Å²) in [5, 5.41) is 0. The summed E-state index contributed by atoms with van der Waals surface area (Å²) in [6.07, 6.45) is 5.63. The molecule has 1 N–H and O–H groups in total. The molecule has 2 heterocycles. The van der Waals surface area contributed by atoms with Crippen LogP contribution < -0.4 is 4.72 Å². The highest BCUT2D eigenvalue weighted by Gasteiger charge is 2.27. The first-order valence-electron chi connectivity index (χ1n) is 8.93. The number of hydrogen-bond acceptors (Lipinski definition) is 4. The quantitative estimate of drug-likeness (QED) is 0.785. The Morgan fingerprint density at radius 2 is 1.83 bits per heavy atom. The molecule has 1 atom stereocenters. The summed E-state index contributed by atoms with van der Waals surface area (Å²) < 4.78 is 26.4. The van der Waals surface area contributed by atoms with Crippen LogP contribution in [0.25, 0.3) is 0 Å². The van der Waals surface area contributed by atoms with Gasteiger partial charge in [0.25, 0.3) is 0 Å². The number of nitrogens with one attached hydrogen (secondary N) is 1. The first-order chi connectivity index (χ1) is 10.9. The average Bonchev–Trinajstić information content (AvgIpc) is 2.49. The van der Waals surface area contributed by atoms with Crippen molar-refractivity contribution in [3.05, 3.63) is 0 Å². The zero-order chi connectivity index (χ0) is 16.9. The number of hydrogen-bond donors (Lipinski definition) is 1. The maximum Gasteiger partial charge on any atom is 0.236 e. The molecule has 6 nitrogen and oxygen atoms in total. The first-order valence-corrected chi connectivity index (χ1v) is 10.6. The van der Waals surface area contributed by atoms with Gasteiger partial charge in [-0.25, -0.2) is 13.1 Å². The highest BCUT2D eigenvalue weighted by molar-refractivity contribution is 7.89. The molecular weight excluding hydrogens is 314 g/mol. The fraction of sp³-hybridized carbons (Fsp3) is 0.938. The molecule has 2 saturated heterocycles. The van der Waals surface area contributed by atoms with Crippen LogP contribution in [-0.2, 0) is 14.8 Å². The number of carbonyl (C=O) groups excluding carboxylic acids is 1. The van der Waals surface area contributed by atoms with Gasteiger partial charge in [-0.3, -0.25) is 9.69 Å². The molecule has 2 aliphatic rings. The van der Waals surface area contributed by atoms with Gasteiger partial charge in [0.1, 0.15) is 0 Å². The number of piperidine rings is 2. The van der Waals surface area contributed by atoms with Crippen LogP contribution in [0, 0.1) is 0 Å². The van der Waals surface area contributed by atoms with Crippen molar-refractivity contribution in [2.24, 2.45) is 0 Å². The predicted molar refractivity (Wildman–Crippen MR) is 91.7 cm³/mol. The number of sulfonamides is 1. The van der Waals surface area contributed by atoms with Crippen molar-refractivity contribution in [2.75, 3.05) is 31.9 Å². The number of amides is 1. The zero-order valence-corrected chi connectivity index (χ0v) is 15.3. The molecule has 23 heavy (non-hydrogen) atoms. The molecule has 0 aromatic rings. The van der Waals surface area contributed by atoms with Gasteiger partial charge in [0, 0.05) is 31.7 Å².